The number of aromatic nitrogens is 1. The first-order chi connectivity index (χ1) is 6.27. The van der Waals surface area contributed by atoms with Gasteiger partial charge < -0.3 is 0 Å². The molecular formula is C7H3BrF5N. The first-order valence-corrected chi connectivity index (χ1v) is 4.10. The molecule has 0 aliphatic carbocycles. The summed E-state index contributed by atoms with van der Waals surface area (Å²) in [6.07, 6.45) is -3.84. The van der Waals surface area contributed by atoms with Crippen LogP contribution in [0.25, 0.3) is 0 Å². The molecule has 14 heavy (non-hydrogen) atoms. The maximum atomic E-state index is 12.7. The van der Waals surface area contributed by atoms with Gasteiger partial charge in [0, 0.05) is 22.4 Å². The average molecular weight is 276 g/mol. The van der Waals surface area contributed by atoms with Crippen molar-refractivity contribution < 1.29 is 22.0 Å². The number of halogens is 6. The summed E-state index contributed by atoms with van der Waals surface area (Å²) >= 11 is 2.58. The van der Waals surface area contributed by atoms with Gasteiger partial charge in [-0.05, 0) is 22.0 Å². The maximum absolute atomic E-state index is 12.7. The van der Waals surface area contributed by atoms with Crippen molar-refractivity contribution >= 4 is 15.9 Å². The lowest BCUT2D eigenvalue weighted by Gasteiger charge is -2.20. The van der Waals surface area contributed by atoms with Crippen LogP contribution >= 0.6 is 15.9 Å². The highest BCUT2D eigenvalue weighted by Crippen LogP contribution is 2.45. The zero-order valence-corrected chi connectivity index (χ0v) is 8.03. The monoisotopic (exact) mass is 275 g/mol. The second-order valence-corrected chi connectivity index (χ2v) is 3.28. The third-order valence-electron chi connectivity index (χ3n) is 1.47. The molecule has 0 bridgehead atoms. The minimum Gasteiger partial charge on any atom is -0.264 e. The van der Waals surface area contributed by atoms with E-state index in [-0.39, 0.29) is 4.47 Å². The molecule has 1 aromatic heterocycles. The summed E-state index contributed by atoms with van der Waals surface area (Å²) < 4.78 is 60.8. The molecule has 0 fully saturated rings. The lowest BCUT2D eigenvalue weighted by molar-refractivity contribution is -0.289. The van der Waals surface area contributed by atoms with Crippen molar-refractivity contribution in [3.05, 3.63) is 28.5 Å². The second kappa shape index (κ2) is 3.45. The molecule has 0 aliphatic rings. The van der Waals surface area contributed by atoms with E-state index in [9.17, 15) is 22.0 Å². The quantitative estimate of drug-likeness (QED) is 0.715. The molecule has 0 saturated heterocycles. The Morgan fingerprint density at radius 1 is 1.14 bits per heavy atom. The molecule has 7 heteroatoms. The van der Waals surface area contributed by atoms with Crippen LogP contribution in [0.5, 0.6) is 0 Å². The topological polar surface area (TPSA) is 12.9 Å². The normalized spacial score (nSPS) is 13.0. The molecule has 1 aromatic rings. The number of pyridine rings is 1. The van der Waals surface area contributed by atoms with Gasteiger partial charge in [-0.3, -0.25) is 4.98 Å². The van der Waals surface area contributed by atoms with Crippen molar-refractivity contribution in [1.82, 2.24) is 4.98 Å². The molecule has 0 saturated carbocycles. The van der Waals surface area contributed by atoms with Gasteiger partial charge >= 0.3 is 12.1 Å². The van der Waals surface area contributed by atoms with Gasteiger partial charge in [-0.2, -0.15) is 22.0 Å². The summed E-state index contributed by atoms with van der Waals surface area (Å²) in [7, 11) is 0. The number of nitrogens with zero attached hydrogens (tertiary/aromatic N) is 1. The molecule has 1 nitrogen and oxygen atoms in total. The fraction of sp³-hybridized carbons (Fsp3) is 0.286. The van der Waals surface area contributed by atoms with E-state index in [0.717, 1.165) is 12.4 Å². The summed E-state index contributed by atoms with van der Waals surface area (Å²) in [4.78, 5) is 3.39. The van der Waals surface area contributed by atoms with E-state index in [4.69, 9.17) is 0 Å². The van der Waals surface area contributed by atoms with E-state index in [0.29, 0.717) is 6.07 Å². The van der Waals surface area contributed by atoms with Crippen molar-refractivity contribution in [2.75, 3.05) is 0 Å². The van der Waals surface area contributed by atoms with E-state index >= 15 is 0 Å². The maximum Gasteiger partial charge on any atom is 0.458 e. The van der Waals surface area contributed by atoms with Gasteiger partial charge in [0.25, 0.3) is 0 Å². The Balaban J connectivity index is 3.23. The average Bonchev–Trinajstić information content (AvgIpc) is 2.02. The van der Waals surface area contributed by atoms with Crippen LogP contribution in [-0.4, -0.2) is 11.2 Å². The van der Waals surface area contributed by atoms with Crippen molar-refractivity contribution in [1.29, 1.82) is 0 Å². The number of hydrogen-bond donors (Lipinski definition) is 0. The highest BCUT2D eigenvalue weighted by atomic mass is 79.9. The molecule has 0 aliphatic heterocycles. The van der Waals surface area contributed by atoms with Crippen LogP contribution in [0.2, 0.25) is 0 Å². The van der Waals surface area contributed by atoms with E-state index < -0.39 is 17.7 Å². The SMILES string of the molecule is FC(F)(F)C(F)(F)c1ccncc1Br. The third-order valence-corrected chi connectivity index (χ3v) is 2.10. The van der Waals surface area contributed by atoms with Crippen LogP contribution in [0.1, 0.15) is 5.56 Å². The Bertz CT molecular complexity index is 335. The molecule has 1 heterocycles. The molecule has 0 spiro atoms. The van der Waals surface area contributed by atoms with Gasteiger partial charge in [0.2, 0.25) is 0 Å². The van der Waals surface area contributed by atoms with Gasteiger partial charge in [0.05, 0.1) is 0 Å². The van der Waals surface area contributed by atoms with E-state index in [1.807, 2.05) is 0 Å². The zero-order valence-electron chi connectivity index (χ0n) is 6.45. The molecule has 78 valence electrons. The Kier molecular flexibility index (Phi) is 2.80. The highest BCUT2D eigenvalue weighted by Gasteiger charge is 2.59. The van der Waals surface area contributed by atoms with E-state index in [1.54, 1.807) is 0 Å². The highest BCUT2D eigenvalue weighted by molar-refractivity contribution is 9.10. The third kappa shape index (κ3) is 1.87. The summed E-state index contributed by atoms with van der Waals surface area (Å²) in [5, 5.41) is 0. The van der Waals surface area contributed by atoms with Crippen LogP contribution in [0, 0.1) is 0 Å². The van der Waals surface area contributed by atoms with Crippen molar-refractivity contribution in [3.8, 4) is 0 Å². The lowest BCUT2D eigenvalue weighted by Crippen LogP contribution is -2.34. The van der Waals surface area contributed by atoms with Gasteiger partial charge in [0.1, 0.15) is 0 Å². The lowest BCUT2D eigenvalue weighted by atomic mass is 10.1. The molecule has 0 amide bonds. The Morgan fingerprint density at radius 2 is 1.71 bits per heavy atom. The largest absolute Gasteiger partial charge is 0.458 e. The molecule has 0 atom stereocenters. The van der Waals surface area contributed by atoms with Gasteiger partial charge in [-0.1, -0.05) is 0 Å². The summed E-state index contributed by atoms with van der Waals surface area (Å²) in [5.74, 6) is -4.87. The standard InChI is InChI=1S/C7H3BrF5N/c8-5-3-14-2-1-4(5)6(9,10)7(11,12)13/h1-3H. The van der Waals surface area contributed by atoms with Gasteiger partial charge in [-0.25, -0.2) is 0 Å². The number of hydrogen-bond acceptors (Lipinski definition) is 1. The summed E-state index contributed by atoms with van der Waals surface area (Å²) in [6.45, 7) is 0. The van der Waals surface area contributed by atoms with Gasteiger partial charge in [-0.15, -0.1) is 0 Å². The minimum atomic E-state index is -5.60. The van der Waals surface area contributed by atoms with Crippen LogP contribution in [0.15, 0.2) is 22.9 Å². The summed E-state index contributed by atoms with van der Waals surface area (Å²) in [5.41, 5.74) is -1.14. The molecular weight excluding hydrogens is 273 g/mol. The van der Waals surface area contributed by atoms with Crippen LogP contribution in [0.3, 0.4) is 0 Å². The first kappa shape index (κ1) is 11.4. The fourth-order valence-electron chi connectivity index (χ4n) is 0.783. The van der Waals surface area contributed by atoms with E-state index in [1.165, 1.54) is 0 Å². The number of alkyl halides is 5. The molecule has 1 rings (SSSR count). The van der Waals surface area contributed by atoms with Gasteiger partial charge in [0.15, 0.2) is 0 Å². The minimum absolute atomic E-state index is 0.373. The van der Waals surface area contributed by atoms with Crippen LogP contribution in [0.4, 0.5) is 22.0 Å². The van der Waals surface area contributed by atoms with E-state index in [2.05, 4.69) is 20.9 Å². The first-order valence-electron chi connectivity index (χ1n) is 3.31. The van der Waals surface area contributed by atoms with Crippen molar-refractivity contribution in [2.24, 2.45) is 0 Å². The Hall–Kier alpha value is -0.720. The van der Waals surface area contributed by atoms with Crippen LogP contribution in [-0.2, 0) is 5.92 Å². The van der Waals surface area contributed by atoms with Crippen LogP contribution < -0.4 is 0 Å². The fourth-order valence-corrected chi connectivity index (χ4v) is 1.28. The Morgan fingerprint density at radius 3 is 2.14 bits per heavy atom. The van der Waals surface area contributed by atoms with Crippen molar-refractivity contribution in [3.63, 3.8) is 0 Å². The molecule has 0 N–H and O–H groups in total. The second-order valence-electron chi connectivity index (χ2n) is 2.43. The zero-order chi connectivity index (χ0) is 11.0. The predicted octanol–water partition coefficient (Wildman–Crippen LogP) is 3.50. The Labute approximate surface area is 84.1 Å². The van der Waals surface area contributed by atoms with Crippen molar-refractivity contribution in [2.45, 2.75) is 12.1 Å². The smallest absolute Gasteiger partial charge is 0.264 e. The number of rotatable bonds is 1. The summed E-state index contributed by atoms with van der Waals surface area (Å²) in [6, 6.07) is 0.623. The molecule has 0 radical (unpaired) electrons. The predicted molar refractivity (Wildman–Crippen MR) is 41.9 cm³/mol. The molecule has 0 aromatic carbocycles. The molecule has 0 unspecified atom stereocenters.